The lowest BCUT2D eigenvalue weighted by atomic mass is 9.64. The van der Waals surface area contributed by atoms with Gasteiger partial charge in [0.25, 0.3) is 0 Å². The van der Waals surface area contributed by atoms with E-state index in [0.29, 0.717) is 18.4 Å². The molecule has 1 saturated carbocycles. The largest absolute Gasteiger partial charge is 0.357 e. The summed E-state index contributed by atoms with van der Waals surface area (Å²) in [6, 6.07) is 0. The minimum Gasteiger partial charge on any atom is -0.357 e. The molecule has 0 bridgehead atoms. The lowest BCUT2D eigenvalue weighted by Crippen LogP contribution is -2.41. The maximum Gasteiger partial charge on any atom is 0.221 e. The third kappa shape index (κ3) is 7.71. The van der Waals surface area contributed by atoms with Crippen LogP contribution in [-0.2, 0) is 4.79 Å². The Balaban J connectivity index is 2.42. The molecule has 1 aliphatic rings. The predicted molar refractivity (Wildman–Crippen MR) is 97.6 cm³/mol. The van der Waals surface area contributed by atoms with E-state index in [1.807, 2.05) is 0 Å². The van der Waals surface area contributed by atoms with Crippen molar-refractivity contribution >= 4 is 11.9 Å². The van der Waals surface area contributed by atoms with Crippen molar-refractivity contribution in [3.63, 3.8) is 0 Å². The van der Waals surface area contributed by atoms with Gasteiger partial charge in [0.1, 0.15) is 0 Å². The Bertz CT molecular complexity index is 375. The summed E-state index contributed by atoms with van der Waals surface area (Å²) in [5, 5.41) is 9.46. The second-order valence-corrected chi connectivity index (χ2v) is 7.17. The molecule has 0 unspecified atom stereocenters. The first-order valence-corrected chi connectivity index (χ1v) is 9.30. The number of carbonyl (C=O) groups is 1. The molecule has 0 heterocycles. The molecular formula is C18H36N4O. The number of amides is 1. The van der Waals surface area contributed by atoms with Crippen LogP contribution >= 0.6 is 0 Å². The predicted octanol–water partition coefficient (Wildman–Crippen LogP) is 2.67. The van der Waals surface area contributed by atoms with Crippen LogP contribution in [0.4, 0.5) is 0 Å². The number of nitrogens with one attached hydrogen (secondary N) is 3. The summed E-state index contributed by atoms with van der Waals surface area (Å²) in [6.07, 6.45) is 6.66. The quantitative estimate of drug-likeness (QED) is 0.427. The highest BCUT2D eigenvalue weighted by Gasteiger charge is 2.37. The summed E-state index contributed by atoms with van der Waals surface area (Å²) in [6.45, 7) is 11.8. The van der Waals surface area contributed by atoms with Gasteiger partial charge in [0.2, 0.25) is 5.91 Å². The molecule has 0 radical (unpaired) electrons. The maximum atomic E-state index is 11.6. The van der Waals surface area contributed by atoms with E-state index in [-0.39, 0.29) is 5.91 Å². The first kappa shape index (κ1) is 19.8. The van der Waals surface area contributed by atoms with Crippen LogP contribution in [0.1, 0.15) is 66.2 Å². The average Bonchev–Trinajstić information content (AvgIpc) is 2.47. The second kappa shape index (κ2) is 10.5. The molecule has 1 aliphatic carbocycles. The zero-order chi connectivity index (χ0) is 17.1. The fourth-order valence-electron chi connectivity index (χ4n) is 3.21. The standard InChI is InChI=1S/C18H36N4O/c1-5-11-20-16(23)8-12-21-17(19-6-2)22-14-18(9-7-10-18)13-15(3)4/h15H,5-14H2,1-4H3,(H,20,23)(H2,19,21,22). The normalized spacial score (nSPS) is 16.8. The molecule has 0 aromatic heterocycles. The van der Waals surface area contributed by atoms with Crippen LogP contribution in [0.2, 0.25) is 0 Å². The Morgan fingerprint density at radius 1 is 1.13 bits per heavy atom. The van der Waals surface area contributed by atoms with E-state index in [1.165, 1.54) is 25.7 Å². The maximum absolute atomic E-state index is 11.6. The highest BCUT2D eigenvalue weighted by molar-refractivity contribution is 5.81. The van der Waals surface area contributed by atoms with Crippen LogP contribution in [0.15, 0.2) is 4.99 Å². The lowest BCUT2D eigenvalue weighted by Gasteiger charge is -2.42. The van der Waals surface area contributed by atoms with Crippen molar-refractivity contribution < 1.29 is 4.79 Å². The first-order valence-electron chi connectivity index (χ1n) is 9.30. The molecule has 0 atom stereocenters. The number of guanidine groups is 1. The molecule has 0 aromatic carbocycles. The van der Waals surface area contributed by atoms with Gasteiger partial charge in [-0.2, -0.15) is 0 Å². The summed E-state index contributed by atoms with van der Waals surface area (Å²) in [5.74, 6) is 1.67. The van der Waals surface area contributed by atoms with E-state index < -0.39 is 0 Å². The molecule has 0 saturated heterocycles. The van der Waals surface area contributed by atoms with Crippen molar-refractivity contribution in [2.75, 3.05) is 26.2 Å². The average molecular weight is 325 g/mol. The third-order valence-corrected chi connectivity index (χ3v) is 4.39. The zero-order valence-electron chi connectivity index (χ0n) is 15.5. The summed E-state index contributed by atoms with van der Waals surface area (Å²) in [7, 11) is 0. The smallest absolute Gasteiger partial charge is 0.221 e. The Labute approximate surface area is 142 Å². The molecule has 3 N–H and O–H groups in total. The summed E-state index contributed by atoms with van der Waals surface area (Å²) < 4.78 is 0. The third-order valence-electron chi connectivity index (χ3n) is 4.39. The SMILES string of the molecule is CCCNC(=O)CCNC(=NCC1(CC(C)C)CCC1)NCC. The van der Waals surface area contributed by atoms with Crippen molar-refractivity contribution in [3.8, 4) is 0 Å². The van der Waals surface area contributed by atoms with Gasteiger partial charge in [-0.05, 0) is 43.9 Å². The minimum atomic E-state index is 0.102. The summed E-state index contributed by atoms with van der Waals surface area (Å²) in [5.41, 5.74) is 0.412. The van der Waals surface area contributed by atoms with Gasteiger partial charge in [-0.15, -0.1) is 0 Å². The molecule has 1 fully saturated rings. The molecule has 0 spiro atoms. The van der Waals surface area contributed by atoms with Gasteiger partial charge < -0.3 is 16.0 Å². The fraction of sp³-hybridized carbons (Fsp3) is 0.889. The number of rotatable bonds is 10. The highest BCUT2D eigenvalue weighted by atomic mass is 16.1. The second-order valence-electron chi connectivity index (χ2n) is 7.17. The molecule has 0 aliphatic heterocycles. The van der Waals surface area contributed by atoms with Crippen LogP contribution in [0.5, 0.6) is 0 Å². The number of hydrogen-bond donors (Lipinski definition) is 3. The molecule has 5 nitrogen and oxygen atoms in total. The Hall–Kier alpha value is -1.26. The Kier molecular flexibility index (Phi) is 9.03. The number of hydrogen-bond acceptors (Lipinski definition) is 2. The van der Waals surface area contributed by atoms with E-state index in [4.69, 9.17) is 4.99 Å². The molecule has 1 rings (SSSR count). The van der Waals surface area contributed by atoms with E-state index in [1.54, 1.807) is 0 Å². The topological polar surface area (TPSA) is 65.5 Å². The summed E-state index contributed by atoms with van der Waals surface area (Å²) in [4.78, 5) is 16.4. The summed E-state index contributed by atoms with van der Waals surface area (Å²) >= 11 is 0. The van der Waals surface area contributed by atoms with Crippen molar-refractivity contribution in [2.45, 2.75) is 66.2 Å². The van der Waals surface area contributed by atoms with Gasteiger partial charge in [0.15, 0.2) is 5.96 Å². The Morgan fingerprint density at radius 2 is 1.87 bits per heavy atom. The van der Waals surface area contributed by atoms with E-state index in [9.17, 15) is 4.79 Å². The van der Waals surface area contributed by atoms with Crippen LogP contribution in [0.25, 0.3) is 0 Å². The number of carbonyl (C=O) groups excluding carboxylic acids is 1. The lowest BCUT2D eigenvalue weighted by molar-refractivity contribution is -0.120. The van der Waals surface area contributed by atoms with Gasteiger partial charge in [-0.1, -0.05) is 27.2 Å². The van der Waals surface area contributed by atoms with Crippen molar-refractivity contribution in [2.24, 2.45) is 16.3 Å². The number of nitrogens with zero attached hydrogens (tertiary/aromatic N) is 1. The van der Waals surface area contributed by atoms with Gasteiger partial charge >= 0.3 is 0 Å². The first-order chi connectivity index (χ1) is 11.0. The van der Waals surface area contributed by atoms with Crippen molar-refractivity contribution in [1.82, 2.24) is 16.0 Å². The van der Waals surface area contributed by atoms with Crippen LogP contribution < -0.4 is 16.0 Å². The van der Waals surface area contributed by atoms with Crippen LogP contribution in [0, 0.1) is 11.3 Å². The van der Waals surface area contributed by atoms with E-state index in [2.05, 4.69) is 43.6 Å². The van der Waals surface area contributed by atoms with Crippen LogP contribution in [0.3, 0.4) is 0 Å². The fourth-order valence-corrected chi connectivity index (χ4v) is 3.21. The highest BCUT2D eigenvalue weighted by Crippen LogP contribution is 2.46. The Morgan fingerprint density at radius 3 is 2.39 bits per heavy atom. The molecule has 23 heavy (non-hydrogen) atoms. The van der Waals surface area contributed by atoms with Crippen LogP contribution in [-0.4, -0.2) is 38.0 Å². The van der Waals surface area contributed by atoms with Gasteiger partial charge in [0, 0.05) is 32.6 Å². The van der Waals surface area contributed by atoms with Gasteiger partial charge in [0.05, 0.1) is 0 Å². The minimum absolute atomic E-state index is 0.102. The molecular weight excluding hydrogens is 288 g/mol. The van der Waals surface area contributed by atoms with Gasteiger partial charge in [-0.25, -0.2) is 0 Å². The molecule has 134 valence electrons. The molecule has 1 amide bonds. The molecule has 5 heteroatoms. The number of aliphatic imine (C=N–C) groups is 1. The zero-order valence-corrected chi connectivity index (χ0v) is 15.5. The van der Waals surface area contributed by atoms with E-state index >= 15 is 0 Å². The molecule has 0 aromatic rings. The van der Waals surface area contributed by atoms with Gasteiger partial charge in [-0.3, -0.25) is 9.79 Å². The van der Waals surface area contributed by atoms with Crippen molar-refractivity contribution in [1.29, 1.82) is 0 Å². The monoisotopic (exact) mass is 324 g/mol. The van der Waals surface area contributed by atoms with E-state index in [0.717, 1.165) is 37.9 Å². The van der Waals surface area contributed by atoms with Crippen molar-refractivity contribution in [3.05, 3.63) is 0 Å².